The van der Waals surface area contributed by atoms with E-state index in [1.54, 1.807) is 16.8 Å². The summed E-state index contributed by atoms with van der Waals surface area (Å²) in [7, 11) is 0. The van der Waals surface area contributed by atoms with Crippen LogP contribution in [0.4, 0.5) is 17.2 Å². The van der Waals surface area contributed by atoms with Crippen LogP contribution < -0.4 is 16.0 Å². The average molecular weight is 457 g/mol. The van der Waals surface area contributed by atoms with Crippen LogP contribution in [0, 0.1) is 0 Å². The highest BCUT2D eigenvalue weighted by Gasteiger charge is 2.37. The molecular formula is C23H24N10O. The number of nitrogens with one attached hydrogen (secondary N) is 2. The fraction of sp³-hybridized carbons (Fsp3) is 0.261. The van der Waals surface area contributed by atoms with Crippen molar-refractivity contribution in [1.29, 1.82) is 0 Å². The van der Waals surface area contributed by atoms with E-state index in [4.69, 9.17) is 5.73 Å². The molecule has 2 aliphatic rings. The molecule has 0 radical (unpaired) electrons. The van der Waals surface area contributed by atoms with Gasteiger partial charge in [-0.2, -0.15) is 10.2 Å². The van der Waals surface area contributed by atoms with Gasteiger partial charge in [0.1, 0.15) is 23.4 Å². The molecule has 0 saturated heterocycles. The van der Waals surface area contributed by atoms with Gasteiger partial charge in [-0.1, -0.05) is 0 Å². The number of anilines is 3. The largest absolute Gasteiger partial charge is 0.364 e. The van der Waals surface area contributed by atoms with Crippen molar-refractivity contribution in [2.75, 3.05) is 23.3 Å². The first-order chi connectivity index (χ1) is 16.5. The SMILES string of the molecule is CC(C)N1CC2=C[C@H]1CN2c1ccc(Nc2ncc(-c3cc(C(N)=O)[nH]n3)n3ncnc23)cc1. The van der Waals surface area contributed by atoms with Gasteiger partial charge in [0, 0.05) is 42.2 Å². The van der Waals surface area contributed by atoms with Gasteiger partial charge in [0.25, 0.3) is 5.91 Å². The number of amides is 1. The normalized spacial score (nSPS) is 17.7. The second-order valence-corrected chi connectivity index (χ2v) is 8.79. The topological polar surface area (TPSA) is 133 Å². The summed E-state index contributed by atoms with van der Waals surface area (Å²) >= 11 is 0. The number of nitrogens with zero attached hydrogens (tertiary/aromatic N) is 7. The predicted octanol–water partition coefficient (Wildman–Crippen LogP) is 2.15. The van der Waals surface area contributed by atoms with E-state index < -0.39 is 5.91 Å². The van der Waals surface area contributed by atoms with Gasteiger partial charge >= 0.3 is 0 Å². The minimum absolute atomic E-state index is 0.212. The number of primary amides is 1. The van der Waals surface area contributed by atoms with Crippen LogP contribution in [-0.2, 0) is 0 Å². The van der Waals surface area contributed by atoms with E-state index in [0.29, 0.717) is 34.9 Å². The van der Waals surface area contributed by atoms with E-state index in [9.17, 15) is 4.79 Å². The van der Waals surface area contributed by atoms with Crippen molar-refractivity contribution in [3.63, 3.8) is 0 Å². The third-order valence-corrected chi connectivity index (χ3v) is 6.39. The molecule has 4 aromatic rings. The summed E-state index contributed by atoms with van der Waals surface area (Å²) < 4.78 is 1.62. The number of hydrogen-bond acceptors (Lipinski definition) is 8. The number of aromatic amines is 1. The number of nitrogens with two attached hydrogens (primary N) is 1. The molecule has 11 heteroatoms. The van der Waals surface area contributed by atoms with Crippen molar-refractivity contribution in [2.24, 2.45) is 5.73 Å². The summed E-state index contributed by atoms with van der Waals surface area (Å²) in [6, 6.07) is 10.9. The molecule has 6 rings (SSSR count). The van der Waals surface area contributed by atoms with Crippen LogP contribution in [0.15, 0.2) is 54.6 Å². The minimum atomic E-state index is -0.585. The Morgan fingerprint density at radius 3 is 2.74 bits per heavy atom. The van der Waals surface area contributed by atoms with E-state index in [2.05, 4.69) is 72.4 Å². The summed E-state index contributed by atoms with van der Waals surface area (Å²) in [4.78, 5) is 25.2. The van der Waals surface area contributed by atoms with Crippen molar-refractivity contribution in [1.82, 2.24) is 34.7 Å². The number of carbonyl (C=O) groups is 1. The summed E-state index contributed by atoms with van der Waals surface area (Å²) in [6.45, 7) is 6.49. The van der Waals surface area contributed by atoms with Gasteiger partial charge in [0.15, 0.2) is 11.5 Å². The number of benzene rings is 1. The Hall–Kier alpha value is -4.25. The molecule has 1 aromatic carbocycles. The fourth-order valence-corrected chi connectivity index (χ4v) is 4.67. The zero-order valence-corrected chi connectivity index (χ0v) is 18.8. The van der Waals surface area contributed by atoms with Gasteiger partial charge in [-0.3, -0.25) is 14.8 Å². The second-order valence-electron chi connectivity index (χ2n) is 8.79. The lowest BCUT2D eigenvalue weighted by Crippen LogP contribution is -2.47. The molecule has 0 spiro atoms. The Balaban J connectivity index is 1.22. The molecule has 4 N–H and O–H groups in total. The molecule has 34 heavy (non-hydrogen) atoms. The van der Waals surface area contributed by atoms with Crippen molar-refractivity contribution in [3.05, 3.63) is 60.3 Å². The molecule has 172 valence electrons. The Morgan fingerprint density at radius 1 is 1.24 bits per heavy atom. The minimum Gasteiger partial charge on any atom is -0.364 e. The van der Waals surface area contributed by atoms with Gasteiger partial charge in [-0.15, -0.1) is 0 Å². The van der Waals surface area contributed by atoms with Crippen molar-refractivity contribution in [2.45, 2.75) is 25.9 Å². The number of carbonyl (C=O) groups excluding carboxylic acids is 1. The Kier molecular flexibility index (Phi) is 4.59. The third-order valence-electron chi connectivity index (χ3n) is 6.39. The smallest absolute Gasteiger partial charge is 0.266 e. The van der Waals surface area contributed by atoms with Crippen LogP contribution in [0.1, 0.15) is 24.3 Å². The number of rotatable bonds is 6. The highest BCUT2D eigenvalue weighted by Crippen LogP contribution is 2.34. The molecule has 1 atom stereocenters. The molecule has 0 fully saturated rings. The highest BCUT2D eigenvalue weighted by atomic mass is 16.1. The van der Waals surface area contributed by atoms with Crippen LogP contribution in [0.2, 0.25) is 0 Å². The lowest BCUT2D eigenvalue weighted by molar-refractivity contribution is 0.0995. The standard InChI is InChI=1S/C23H24N10O/c1-13(2)31-10-17-7-16(31)11-32(17)15-5-3-14(4-6-15)28-22-23-26-12-27-33(23)20(9-25-22)18-8-19(21(24)34)30-29-18/h3-9,12-13,16H,10-11H2,1-2H3,(H2,24,34)(H,25,28)(H,29,30)/t16-/m0/s1. The molecule has 0 aliphatic carbocycles. The van der Waals surface area contributed by atoms with Crippen LogP contribution in [0.5, 0.6) is 0 Å². The molecule has 5 heterocycles. The maximum absolute atomic E-state index is 11.4. The molecule has 0 saturated carbocycles. The molecule has 2 aliphatic heterocycles. The number of hydrogen-bond donors (Lipinski definition) is 3. The summed E-state index contributed by atoms with van der Waals surface area (Å²) in [5.74, 6) is -0.0197. The first-order valence-electron chi connectivity index (χ1n) is 11.1. The van der Waals surface area contributed by atoms with E-state index in [0.717, 1.165) is 18.8 Å². The monoisotopic (exact) mass is 456 g/mol. The molecule has 1 amide bonds. The fourth-order valence-electron chi connectivity index (χ4n) is 4.67. The van der Waals surface area contributed by atoms with Gasteiger partial charge < -0.3 is 16.0 Å². The molecule has 0 unspecified atom stereocenters. The summed E-state index contributed by atoms with van der Waals surface area (Å²) in [5, 5.41) is 14.4. The number of H-pyrrole nitrogens is 1. The summed E-state index contributed by atoms with van der Waals surface area (Å²) in [6.07, 6.45) is 5.46. The van der Waals surface area contributed by atoms with Gasteiger partial charge in [0.2, 0.25) is 0 Å². The molecular weight excluding hydrogens is 432 g/mol. The number of aromatic nitrogens is 6. The van der Waals surface area contributed by atoms with Crippen molar-refractivity contribution < 1.29 is 4.79 Å². The van der Waals surface area contributed by atoms with Crippen molar-refractivity contribution in [3.8, 4) is 11.4 Å². The first kappa shape index (κ1) is 20.4. The van der Waals surface area contributed by atoms with E-state index in [1.165, 1.54) is 17.7 Å². The van der Waals surface area contributed by atoms with Gasteiger partial charge in [-0.05, 0) is 50.3 Å². The Labute approximate surface area is 195 Å². The first-order valence-corrected chi connectivity index (χ1v) is 11.1. The van der Waals surface area contributed by atoms with E-state index in [1.807, 2.05) is 12.1 Å². The van der Waals surface area contributed by atoms with E-state index in [-0.39, 0.29) is 5.69 Å². The molecule has 2 bridgehead atoms. The van der Waals surface area contributed by atoms with Crippen molar-refractivity contribution >= 4 is 28.7 Å². The lowest BCUT2D eigenvalue weighted by atomic mass is 10.2. The Bertz CT molecular complexity index is 1420. The molecule has 3 aromatic heterocycles. The predicted molar refractivity (Wildman–Crippen MR) is 128 cm³/mol. The van der Waals surface area contributed by atoms with Gasteiger partial charge in [-0.25, -0.2) is 14.5 Å². The second kappa shape index (κ2) is 7.66. The summed E-state index contributed by atoms with van der Waals surface area (Å²) in [5.41, 5.74) is 10.6. The third kappa shape index (κ3) is 3.28. The maximum atomic E-state index is 11.4. The zero-order chi connectivity index (χ0) is 23.4. The maximum Gasteiger partial charge on any atom is 0.266 e. The lowest BCUT2D eigenvalue weighted by Gasteiger charge is -2.37. The zero-order valence-electron chi connectivity index (χ0n) is 18.8. The van der Waals surface area contributed by atoms with Crippen LogP contribution in [-0.4, -0.2) is 65.8 Å². The van der Waals surface area contributed by atoms with E-state index >= 15 is 0 Å². The van der Waals surface area contributed by atoms with Crippen LogP contribution in [0.3, 0.4) is 0 Å². The quantitative estimate of drug-likeness (QED) is 0.402. The highest BCUT2D eigenvalue weighted by molar-refractivity contribution is 5.91. The van der Waals surface area contributed by atoms with Gasteiger partial charge in [0.05, 0.1) is 6.20 Å². The van der Waals surface area contributed by atoms with Crippen LogP contribution >= 0.6 is 0 Å². The Morgan fingerprint density at radius 2 is 2.06 bits per heavy atom. The number of piperazine rings is 1. The molecule has 11 nitrogen and oxygen atoms in total. The number of fused-ring (bicyclic) bond motifs is 2. The average Bonchev–Trinajstić information content (AvgIpc) is 3.63. The van der Waals surface area contributed by atoms with Crippen LogP contribution in [0.25, 0.3) is 17.0 Å².